The molecule has 4 rings (SSSR count). The third kappa shape index (κ3) is 4.86. The maximum atomic E-state index is 13.1. The summed E-state index contributed by atoms with van der Waals surface area (Å²) in [5, 5.41) is 2.91. The van der Waals surface area contributed by atoms with E-state index >= 15 is 0 Å². The van der Waals surface area contributed by atoms with Crippen LogP contribution in [0.4, 0.5) is 10.5 Å². The van der Waals surface area contributed by atoms with E-state index in [0.29, 0.717) is 24.4 Å². The number of benzene rings is 3. The van der Waals surface area contributed by atoms with Gasteiger partial charge < -0.3 is 14.8 Å². The van der Waals surface area contributed by atoms with E-state index in [9.17, 15) is 9.59 Å². The number of hydrogen-bond acceptors (Lipinski definition) is 4. The van der Waals surface area contributed by atoms with E-state index in [2.05, 4.69) is 5.32 Å². The molecule has 1 heterocycles. The highest BCUT2D eigenvalue weighted by Gasteiger charge is 2.35. The molecular formula is C25H24N2O4. The molecule has 1 atom stereocenters. The molecule has 6 heteroatoms. The van der Waals surface area contributed by atoms with Crippen molar-refractivity contribution in [1.29, 1.82) is 0 Å². The van der Waals surface area contributed by atoms with Crippen molar-refractivity contribution >= 4 is 17.7 Å². The van der Waals surface area contributed by atoms with Gasteiger partial charge >= 0.3 is 6.09 Å². The second kappa shape index (κ2) is 9.34. The number of ether oxygens (including phenoxy) is 2. The van der Waals surface area contributed by atoms with E-state index in [1.807, 2.05) is 54.6 Å². The number of fused-ring (bicyclic) bond motifs is 1. The van der Waals surface area contributed by atoms with Gasteiger partial charge in [-0.2, -0.15) is 0 Å². The zero-order valence-electron chi connectivity index (χ0n) is 17.3. The lowest BCUT2D eigenvalue weighted by Gasteiger charge is -2.35. The molecule has 0 saturated heterocycles. The molecule has 3 aromatic rings. The van der Waals surface area contributed by atoms with Gasteiger partial charge in [0.1, 0.15) is 18.4 Å². The van der Waals surface area contributed by atoms with Crippen molar-refractivity contribution < 1.29 is 19.1 Å². The molecule has 0 saturated carbocycles. The minimum atomic E-state index is -0.666. The normalized spacial score (nSPS) is 15.0. The SMILES string of the molecule is COc1ccc(NC(=O)[C@H]2Cc3ccccc3CN2C(=O)OCc2ccccc2)cc1. The van der Waals surface area contributed by atoms with Gasteiger partial charge in [0.15, 0.2) is 0 Å². The van der Waals surface area contributed by atoms with Crippen LogP contribution in [0.5, 0.6) is 5.75 Å². The minimum Gasteiger partial charge on any atom is -0.497 e. The monoisotopic (exact) mass is 416 g/mol. The van der Waals surface area contributed by atoms with Gasteiger partial charge in [0.25, 0.3) is 0 Å². The Bertz CT molecular complexity index is 1050. The van der Waals surface area contributed by atoms with Crippen LogP contribution in [0, 0.1) is 0 Å². The molecular weight excluding hydrogens is 392 g/mol. The van der Waals surface area contributed by atoms with Gasteiger partial charge in [-0.1, -0.05) is 54.6 Å². The Balaban J connectivity index is 1.51. The van der Waals surface area contributed by atoms with Crippen molar-refractivity contribution in [3.63, 3.8) is 0 Å². The molecule has 31 heavy (non-hydrogen) atoms. The van der Waals surface area contributed by atoms with Gasteiger partial charge in [0.05, 0.1) is 13.7 Å². The van der Waals surface area contributed by atoms with E-state index in [0.717, 1.165) is 16.7 Å². The van der Waals surface area contributed by atoms with Gasteiger partial charge in [-0.05, 0) is 41.0 Å². The maximum Gasteiger partial charge on any atom is 0.411 e. The second-order valence-electron chi connectivity index (χ2n) is 7.37. The van der Waals surface area contributed by atoms with Gasteiger partial charge in [0.2, 0.25) is 5.91 Å². The number of nitrogens with zero attached hydrogens (tertiary/aromatic N) is 1. The van der Waals surface area contributed by atoms with E-state index in [1.54, 1.807) is 31.4 Å². The topological polar surface area (TPSA) is 67.9 Å². The lowest BCUT2D eigenvalue weighted by Crippen LogP contribution is -2.50. The highest BCUT2D eigenvalue weighted by molar-refractivity contribution is 5.97. The lowest BCUT2D eigenvalue weighted by molar-refractivity contribution is -0.121. The van der Waals surface area contributed by atoms with E-state index < -0.39 is 12.1 Å². The molecule has 0 aromatic heterocycles. The fraction of sp³-hybridized carbons (Fsp3) is 0.200. The van der Waals surface area contributed by atoms with Crippen LogP contribution in [0.2, 0.25) is 0 Å². The van der Waals surface area contributed by atoms with Gasteiger partial charge in [-0.15, -0.1) is 0 Å². The first-order valence-corrected chi connectivity index (χ1v) is 10.1. The summed E-state index contributed by atoms with van der Waals surface area (Å²) in [6, 6.07) is 23.8. The molecule has 1 N–H and O–H groups in total. The lowest BCUT2D eigenvalue weighted by atomic mass is 9.94. The van der Waals surface area contributed by atoms with Gasteiger partial charge in [0, 0.05) is 12.1 Å². The van der Waals surface area contributed by atoms with Crippen molar-refractivity contribution in [2.24, 2.45) is 0 Å². The number of anilines is 1. The highest BCUT2D eigenvalue weighted by Crippen LogP contribution is 2.25. The summed E-state index contributed by atoms with van der Waals surface area (Å²) in [5.41, 5.74) is 3.62. The first-order chi connectivity index (χ1) is 15.1. The molecule has 1 aliphatic rings. The fourth-order valence-electron chi connectivity index (χ4n) is 3.65. The van der Waals surface area contributed by atoms with Crippen LogP contribution in [-0.4, -0.2) is 30.1 Å². The van der Waals surface area contributed by atoms with Crippen molar-refractivity contribution in [1.82, 2.24) is 4.90 Å². The number of amides is 2. The number of rotatable bonds is 5. The fourth-order valence-corrected chi connectivity index (χ4v) is 3.65. The maximum absolute atomic E-state index is 13.1. The summed E-state index contributed by atoms with van der Waals surface area (Å²) in [4.78, 5) is 27.6. The molecule has 0 fully saturated rings. The average Bonchev–Trinajstić information content (AvgIpc) is 2.82. The van der Waals surface area contributed by atoms with Crippen LogP contribution >= 0.6 is 0 Å². The molecule has 0 bridgehead atoms. The molecule has 2 amide bonds. The molecule has 1 aliphatic heterocycles. The summed E-state index contributed by atoms with van der Waals surface area (Å²) in [5.74, 6) is 0.451. The quantitative estimate of drug-likeness (QED) is 0.670. The number of hydrogen-bond donors (Lipinski definition) is 1. The van der Waals surface area contributed by atoms with E-state index in [4.69, 9.17) is 9.47 Å². The highest BCUT2D eigenvalue weighted by atomic mass is 16.6. The van der Waals surface area contributed by atoms with Crippen LogP contribution in [-0.2, 0) is 29.1 Å². The average molecular weight is 416 g/mol. The van der Waals surface area contributed by atoms with Gasteiger partial charge in [-0.3, -0.25) is 9.69 Å². The van der Waals surface area contributed by atoms with Crippen LogP contribution < -0.4 is 10.1 Å². The van der Waals surface area contributed by atoms with Crippen LogP contribution in [0.1, 0.15) is 16.7 Å². The Morgan fingerprint density at radius 3 is 2.32 bits per heavy atom. The molecule has 158 valence electrons. The number of carbonyl (C=O) groups excluding carboxylic acids is 2. The molecule has 0 aliphatic carbocycles. The summed E-state index contributed by atoms with van der Waals surface area (Å²) in [6.07, 6.45) is -0.0771. The summed E-state index contributed by atoms with van der Waals surface area (Å²) in [6.45, 7) is 0.481. The van der Waals surface area contributed by atoms with Gasteiger partial charge in [-0.25, -0.2) is 4.79 Å². The molecule has 0 spiro atoms. The predicted octanol–water partition coefficient (Wildman–Crippen LogP) is 4.40. The first kappa shape index (κ1) is 20.5. The number of methoxy groups -OCH3 is 1. The number of carbonyl (C=O) groups is 2. The Labute approximate surface area is 181 Å². The van der Waals surface area contributed by atoms with Crippen molar-refractivity contribution in [2.75, 3.05) is 12.4 Å². The predicted molar refractivity (Wildman–Crippen MR) is 118 cm³/mol. The standard InChI is InChI=1S/C25H24N2O4/c1-30-22-13-11-21(12-14-22)26-24(28)23-15-19-9-5-6-10-20(19)16-27(23)25(29)31-17-18-7-3-2-4-8-18/h2-14,23H,15-17H2,1H3,(H,26,28)/t23-/m1/s1. The molecule has 0 unspecified atom stereocenters. The molecule has 0 radical (unpaired) electrons. The number of nitrogens with one attached hydrogen (secondary N) is 1. The smallest absolute Gasteiger partial charge is 0.411 e. The van der Waals surface area contributed by atoms with E-state index in [1.165, 1.54) is 4.90 Å². The zero-order chi connectivity index (χ0) is 21.6. The van der Waals surface area contributed by atoms with Crippen LogP contribution in [0.15, 0.2) is 78.9 Å². The molecule has 6 nitrogen and oxygen atoms in total. The Kier molecular flexibility index (Phi) is 6.17. The Hall–Kier alpha value is -3.80. The third-order valence-electron chi connectivity index (χ3n) is 5.35. The Morgan fingerprint density at radius 1 is 0.935 bits per heavy atom. The summed E-state index contributed by atoms with van der Waals surface area (Å²) in [7, 11) is 1.59. The summed E-state index contributed by atoms with van der Waals surface area (Å²) >= 11 is 0. The van der Waals surface area contributed by atoms with E-state index in [-0.39, 0.29) is 12.5 Å². The molecule has 3 aromatic carbocycles. The van der Waals surface area contributed by atoms with Crippen LogP contribution in [0.25, 0.3) is 0 Å². The Morgan fingerprint density at radius 2 is 1.61 bits per heavy atom. The minimum absolute atomic E-state index is 0.157. The van der Waals surface area contributed by atoms with Crippen molar-refractivity contribution in [2.45, 2.75) is 25.6 Å². The van der Waals surface area contributed by atoms with Crippen molar-refractivity contribution in [3.05, 3.63) is 95.6 Å². The third-order valence-corrected chi connectivity index (χ3v) is 5.35. The second-order valence-corrected chi connectivity index (χ2v) is 7.37. The van der Waals surface area contributed by atoms with Crippen LogP contribution in [0.3, 0.4) is 0 Å². The van der Waals surface area contributed by atoms with Crippen molar-refractivity contribution in [3.8, 4) is 5.75 Å². The summed E-state index contributed by atoms with van der Waals surface area (Å²) < 4.78 is 10.7. The first-order valence-electron chi connectivity index (χ1n) is 10.1. The largest absolute Gasteiger partial charge is 0.497 e. The zero-order valence-corrected chi connectivity index (χ0v) is 17.3.